The standard InChI is InChI=1S/C24H25N7O2/c1-16-22(33-18-8-9-25-21(12-18)17-13-27-29(2)15-17)7-6-20(28-16)19-14-26-24(30(3)23(19)32)31-10-4-5-11-31/h6-9,12-15H,4-5,10-11H2,1-3H3. The molecule has 0 saturated carbocycles. The van der Waals surface area contributed by atoms with Gasteiger partial charge in [0.25, 0.3) is 5.56 Å². The summed E-state index contributed by atoms with van der Waals surface area (Å²) in [5, 5.41) is 4.19. The molecule has 4 aromatic heterocycles. The lowest BCUT2D eigenvalue weighted by Crippen LogP contribution is -2.30. The minimum absolute atomic E-state index is 0.109. The van der Waals surface area contributed by atoms with Crippen LogP contribution < -0.4 is 15.2 Å². The molecule has 1 aliphatic heterocycles. The van der Waals surface area contributed by atoms with E-state index in [9.17, 15) is 4.79 Å². The van der Waals surface area contributed by atoms with Crippen molar-refractivity contribution < 1.29 is 4.74 Å². The Morgan fingerprint density at radius 2 is 1.82 bits per heavy atom. The lowest BCUT2D eigenvalue weighted by atomic mass is 10.2. The molecule has 0 radical (unpaired) electrons. The fourth-order valence-corrected chi connectivity index (χ4v) is 4.04. The van der Waals surface area contributed by atoms with Crippen molar-refractivity contribution in [3.63, 3.8) is 0 Å². The van der Waals surface area contributed by atoms with Crippen LogP contribution in [0.1, 0.15) is 18.5 Å². The van der Waals surface area contributed by atoms with Crippen LogP contribution in [0, 0.1) is 6.92 Å². The minimum atomic E-state index is -0.109. The van der Waals surface area contributed by atoms with Crippen molar-refractivity contribution in [3.8, 4) is 34.0 Å². The molecule has 0 amide bonds. The maximum Gasteiger partial charge on any atom is 0.264 e. The Kier molecular flexibility index (Phi) is 5.37. The van der Waals surface area contributed by atoms with Crippen LogP contribution >= 0.6 is 0 Å². The molecular formula is C24H25N7O2. The molecule has 0 spiro atoms. The molecule has 168 valence electrons. The van der Waals surface area contributed by atoms with E-state index < -0.39 is 0 Å². The molecule has 4 aromatic rings. The predicted octanol–water partition coefficient (Wildman–Crippen LogP) is 3.34. The van der Waals surface area contributed by atoms with E-state index in [2.05, 4.69) is 25.0 Å². The molecule has 5 heterocycles. The number of pyridine rings is 2. The molecule has 1 aliphatic rings. The second kappa shape index (κ2) is 8.50. The highest BCUT2D eigenvalue weighted by Gasteiger charge is 2.19. The SMILES string of the molecule is Cc1nc(-c2cnc(N3CCCC3)n(C)c2=O)ccc1Oc1ccnc(-c2cnn(C)c2)c1. The number of hydrogen-bond acceptors (Lipinski definition) is 7. The van der Waals surface area contributed by atoms with E-state index in [0.29, 0.717) is 34.4 Å². The van der Waals surface area contributed by atoms with Gasteiger partial charge in [0.2, 0.25) is 5.95 Å². The summed E-state index contributed by atoms with van der Waals surface area (Å²) in [6.07, 6.45) is 9.24. The lowest BCUT2D eigenvalue weighted by Gasteiger charge is -2.19. The predicted molar refractivity (Wildman–Crippen MR) is 125 cm³/mol. The number of nitrogens with zero attached hydrogens (tertiary/aromatic N) is 7. The van der Waals surface area contributed by atoms with Gasteiger partial charge in [-0.05, 0) is 38.0 Å². The number of ether oxygens (including phenoxy) is 1. The van der Waals surface area contributed by atoms with Crippen molar-refractivity contribution in [2.24, 2.45) is 14.1 Å². The summed E-state index contributed by atoms with van der Waals surface area (Å²) in [5.41, 5.74) is 3.30. The molecule has 9 heteroatoms. The van der Waals surface area contributed by atoms with Gasteiger partial charge in [-0.3, -0.25) is 19.0 Å². The first-order valence-electron chi connectivity index (χ1n) is 10.9. The first-order chi connectivity index (χ1) is 16.0. The van der Waals surface area contributed by atoms with Crippen molar-refractivity contribution in [3.05, 3.63) is 65.1 Å². The first-order valence-corrected chi connectivity index (χ1v) is 10.9. The highest BCUT2D eigenvalue weighted by atomic mass is 16.5. The van der Waals surface area contributed by atoms with E-state index in [1.165, 1.54) is 0 Å². The molecule has 0 atom stereocenters. The number of hydrogen-bond donors (Lipinski definition) is 0. The van der Waals surface area contributed by atoms with Crippen LogP contribution in [0.4, 0.5) is 5.95 Å². The molecule has 0 unspecified atom stereocenters. The van der Waals surface area contributed by atoms with Gasteiger partial charge in [0.15, 0.2) is 0 Å². The van der Waals surface area contributed by atoms with Gasteiger partial charge in [0.1, 0.15) is 11.5 Å². The molecule has 33 heavy (non-hydrogen) atoms. The van der Waals surface area contributed by atoms with Crippen molar-refractivity contribution in [1.82, 2.24) is 29.3 Å². The van der Waals surface area contributed by atoms with Gasteiger partial charge in [-0.2, -0.15) is 5.10 Å². The van der Waals surface area contributed by atoms with Crippen molar-refractivity contribution >= 4 is 5.95 Å². The summed E-state index contributed by atoms with van der Waals surface area (Å²) < 4.78 is 9.41. The van der Waals surface area contributed by atoms with Crippen LogP contribution in [-0.2, 0) is 14.1 Å². The minimum Gasteiger partial charge on any atom is -0.455 e. The fraction of sp³-hybridized carbons (Fsp3) is 0.292. The molecule has 0 aliphatic carbocycles. The number of aromatic nitrogens is 6. The Hall–Kier alpha value is -4.01. The zero-order chi connectivity index (χ0) is 22.9. The number of aryl methyl sites for hydroxylation is 2. The molecular weight excluding hydrogens is 418 g/mol. The summed E-state index contributed by atoms with van der Waals surface area (Å²) >= 11 is 0. The van der Waals surface area contributed by atoms with Gasteiger partial charge in [-0.1, -0.05) is 0 Å². The fourth-order valence-electron chi connectivity index (χ4n) is 4.04. The van der Waals surface area contributed by atoms with Crippen LogP contribution in [0.15, 0.2) is 53.8 Å². The molecule has 5 rings (SSSR count). The largest absolute Gasteiger partial charge is 0.455 e. The van der Waals surface area contributed by atoms with Crippen LogP contribution in [0.3, 0.4) is 0 Å². The second-order valence-corrected chi connectivity index (χ2v) is 8.19. The smallest absolute Gasteiger partial charge is 0.264 e. The second-order valence-electron chi connectivity index (χ2n) is 8.19. The van der Waals surface area contributed by atoms with E-state index in [-0.39, 0.29) is 5.56 Å². The van der Waals surface area contributed by atoms with E-state index in [1.54, 1.807) is 47.0 Å². The normalized spacial score (nSPS) is 13.5. The van der Waals surface area contributed by atoms with E-state index in [0.717, 1.165) is 37.2 Å². The summed E-state index contributed by atoms with van der Waals surface area (Å²) in [6.45, 7) is 3.72. The Morgan fingerprint density at radius 1 is 1.00 bits per heavy atom. The summed E-state index contributed by atoms with van der Waals surface area (Å²) in [5.74, 6) is 1.97. The lowest BCUT2D eigenvalue weighted by molar-refractivity contribution is 0.475. The third-order valence-corrected chi connectivity index (χ3v) is 5.81. The summed E-state index contributed by atoms with van der Waals surface area (Å²) in [7, 11) is 3.63. The van der Waals surface area contributed by atoms with Crippen molar-refractivity contribution in [1.29, 1.82) is 0 Å². The highest BCUT2D eigenvalue weighted by Crippen LogP contribution is 2.28. The third kappa shape index (κ3) is 4.09. The average Bonchev–Trinajstić information content (AvgIpc) is 3.49. The van der Waals surface area contributed by atoms with Crippen molar-refractivity contribution in [2.75, 3.05) is 18.0 Å². The molecule has 0 N–H and O–H groups in total. The van der Waals surface area contributed by atoms with Gasteiger partial charge < -0.3 is 9.64 Å². The zero-order valence-corrected chi connectivity index (χ0v) is 18.9. The highest BCUT2D eigenvalue weighted by molar-refractivity contribution is 5.61. The zero-order valence-electron chi connectivity index (χ0n) is 18.9. The van der Waals surface area contributed by atoms with Gasteiger partial charge in [-0.25, -0.2) is 9.97 Å². The van der Waals surface area contributed by atoms with E-state index >= 15 is 0 Å². The number of rotatable bonds is 5. The topological polar surface area (TPSA) is 91.0 Å². The average molecular weight is 444 g/mol. The Balaban J connectivity index is 1.40. The van der Waals surface area contributed by atoms with Crippen LogP contribution in [-0.4, -0.2) is 42.4 Å². The van der Waals surface area contributed by atoms with Crippen LogP contribution in [0.2, 0.25) is 0 Å². The molecule has 0 aromatic carbocycles. The van der Waals surface area contributed by atoms with Gasteiger partial charge in [0.05, 0.1) is 28.8 Å². The van der Waals surface area contributed by atoms with E-state index in [1.807, 2.05) is 32.3 Å². The maximum atomic E-state index is 13.0. The molecule has 1 fully saturated rings. The third-order valence-electron chi connectivity index (χ3n) is 5.81. The van der Waals surface area contributed by atoms with Gasteiger partial charge >= 0.3 is 0 Å². The maximum absolute atomic E-state index is 13.0. The Labute approximate surface area is 191 Å². The Bertz CT molecular complexity index is 1370. The summed E-state index contributed by atoms with van der Waals surface area (Å²) in [6, 6.07) is 7.28. The first kappa shape index (κ1) is 20.9. The number of anilines is 1. The van der Waals surface area contributed by atoms with Crippen LogP contribution in [0.25, 0.3) is 22.5 Å². The molecule has 0 bridgehead atoms. The monoisotopic (exact) mass is 443 g/mol. The van der Waals surface area contributed by atoms with Crippen LogP contribution in [0.5, 0.6) is 11.5 Å². The van der Waals surface area contributed by atoms with E-state index in [4.69, 9.17) is 4.74 Å². The quantitative estimate of drug-likeness (QED) is 0.467. The Morgan fingerprint density at radius 3 is 2.55 bits per heavy atom. The van der Waals surface area contributed by atoms with Gasteiger partial charge in [-0.15, -0.1) is 0 Å². The molecule has 1 saturated heterocycles. The molecule has 9 nitrogen and oxygen atoms in total. The summed E-state index contributed by atoms with van der Waals surface area (Å²) in [4.78, 5) is 28.8. The van der Waals surface area contributed by atoms with Crippen molar-refractivity contribution in [2.45, 2.75) is 19.8 Å². The van der Waals surface area contributed by atoms with Gasteiger partial charge in [0, 0.05) is 57.4 Å².